The van der Waals surface area contributed by atoms with Gasteiger partial charge in [0.1, 0.15) is 0 Å². The zero-order chi connectivity index (χ0) is 20.5. The lowest BCUT2D eigenvalue weighted by molar-refractivity contribution is -0.122. The van der Waals surface area contributed by atoms with Crippen LogP contribution < -0.4 is 10.7 Å². The summed E-state index contributed by atoms with van der Waals surface area (Å²) >= 11 is 0. The number of benzene rings is 3. The van der Waals surface area contributed by atoms with E-state index in [4.69, 9.17) is 0 Å². The van der Waals surface area contributed by atoms with Crippen LogP contribution in [-0.2, 0) is 9.59 Å². The molecule has 0 saturated carbocycles. The maximum absolute atomic E-state index is 12.0. The van der Waals surface area contributed by atoms with Crippen LogP contribution in [0.2, 0.25) is 0 Å². The Labute approximate surface area is 170 Å². The first-order chi connectivity index (χ1) is 14.2. The molecule has 0 radical (unpaired) electrons. The molecular formula is C24H25N3O2. The summed E-state index contributed by atoms with van der Waals surface area (Å²) < 4.78 is 0. The summed E-state index contributed by atoms with van der Waals surface area (Å²) in [5.74, 6) is -0.177. The van der Waals surface area contributed by atoms with Gasteiger partial charge in [0, 0.05) is 24.9 Å². The Morgan fingerprint density at radius 2 is 1.48 bits per heavy atom. The smallest absolute Gasteiger partial charge is 0.240 e. The highest BCUT2D eigenvalue weighted by Crippen LogP contribution is 2.27. The molecule has 0 heterocycles. The number of hydrogen-bond acceptors (Lipinski definition) is 3. The van der Waals surface area contributed by atoms with E-state index < -0.39 is 0 Å². The Kier molecular flexibility index (Phi) is 7.11. The molecule has 0 aliphatic heterocycles. The molecule has 0 saturated heterocycles. The Balaban J connectivity index is 1.60. The monoisotopic (exact) mass is 387 g/mol. The lowest BCUT2D eigenvalue weighted by Crippen LogP contribution is -2.23. The molecule has 5 heteroatoms. The van der Waals surface area contributed by atoms with Crippen LogP contribution >= 0.6 is 0 Å². The van der Waals surface area contributed by atoms with Gasteiger partial charge in [-0.3, -0.25) is 9.59 Å². The van der Waals surface area contributed by atoms with Crippen LogP contribution in [0.1, 0.15) is 31.2 Å². The number of rotatable bonds is 9. The molecule has 29 heavy (non-hydrogen) atoms. The molecule has 148 valence electrons. The van der Waals surface area contributed by atoms with Gasteiger partial charge in [0.2, 0.25) is 11.8 Å². The van der Waals surface area contributed by atoms with Crippen molar-refractivity contribution in [2.24, 2.45) is 5.10 Å². The highest BCUT2D eigenvalue weighted by Gasteiger charge is 2.06. The molecule has 0 spiro atoms. The molecule has 0 aromatic heterocycles. The first-order valence-corrected chi connectivity index (χ1v) is 9.79. The number of carbonyl (C=O) groups is 2. The van der Waals surface area contributed by atoms with Gasteiger partial charge in [-0.25, -0.2) is 5.43 Å². The molecule has 0 unspecified atom stereocenters. The SMILES string of the molecule is C=CCNC(=O)CCCCC(=O)NN=Cc1c2ccccc2cc2ccccc12. The topological polar surface area (TPSA) is 70.6 Å². The molecule has 0 aliphatic carbocycles. The summed E-state index contributed by atoms with van der Waals surface area (Å²) in [4.78, 5) is 23.5. The van der Waals surface area contributed by atoms with Crippen LogP contribution in [0.5, 0.6) is 0 Å². The van der Waals surface area contributed by atoms with Crippen molar-refractivity contribution in [1.82, 2.24) is 10.7 Å². The number of carbonyl (C=O) groups excluding carboxylic acids is 2. The molecule has 0 fully saturated rings. The van der Waals surface area contributed by atoms with Gasteiger partial charge in [-0.15, -0.1) is 6.58 Å². The lowest BCUT2D eigenvalue weighted by Gasteiger charge is -2.08. The van der Waals surface area contributed by atoms with E-state index in [0.29, 0.717) is 32.2 Å². The zero-order valence-electron chi connectivity index (χ0n) is 16.4. The summed E-state index contributed by atoms with van der Waals surface area (Å²) in [7, 11) is 0. The minimum atomic E-state index is -0.155. The molecule has 2 N–H and O–H groups in total. The number of fused-ring (bicyclic) bond motifs is 2. The fraction of sp³-hybridized carbons (Fsp3) is 0.208. The van der Waals surface area contributed by atoms with E-state index in [1.54, 1.807) is 12.3 Å². The average molecular weight is 387 g/mol. The molecule has 3 aromatic rings. The number of amides is 2. The van der Waals surface area contributed by atoms with Crippen molar-refractivity contribution in [1.29, 1.82) is 0 Å². The Hall–Kier alpha value is -3.47. The van der Waals surface area contributed by atoms with Gasteiger partial charge >= 0.3 is 0 Å². The van der Waals surface area contributed by atoms with Gasteiger partial charge in [0.05, 0.1) is 6.21 Å². The Bertz CT molecular complexity index is 1000. The van der Waals surface area contributed by atoms with E-state index >= 15 is 0 Å². The number of unbranched alkanes of at least 4 members (excludes halogenated alkanes) is 1. The molecular weight excluding hydrogens is 362 g/mol. The van der Waals surface area contributed by atoms with Gasteiger partial charge in [0.25, 0.3) is 0 Å². The number of hydrazone groups is 1. The van der Waals surface area contributed by atoms with E-state index in [-0.39, 0.29) is 11.8 Å². The van der Waals surface area contributed by atoms with Crippen molar-refractivity contribution in [3.63, 3.8) is 0 Å². The summed E-state index contributed by atoms with van der Waals surface area (Å²) in [6, 6.07) is 18.4. The van der Waals surface area contributed by atoms with Crippen molar-refractivity contribution in [3.8, 4) is 0 Å². The van der Waals surface area contributed by atoms with Gasteiger partial charge in [-0.05, 0) is 40.5 Å². The van der Waals surface area contributed by atoms with Crippen LogP contribution in [-0.4, -0.2) is 24.6 Å². The van der Waals surface area contributed by atoms with E-state index in [9.17, 15) is 9.59 Å². The van der Waals surface area contributed by atoms with Crippen LogP contribution in [0, 0.1) is 0 Å². The molecule has 0 aliphatic rings. The van der Waals surface area contributed by atoms with Crippen LogP contribution in [0.25, 0.3) is 21.5 Å². The number of nitrogens with zero attached hydrogens (tertiary/aromatic N) is 1. The minimum Gasteiger partial charge on any atom is -0.353 e. The number of hydrogen-bond donors (Lipinski definition) is 2. The summed E-state index contributed by atoms with van der Waals surface area (Å²) in [6.45, 7) is 4.02. The number of nitrogens with one attached hydrogen (secondary N) is 2. The average Bonchev–Trinajstić information content (AvgIpc) is 2.74. The van der Waals surface area contributed by atoms with Gasteiger partial charge in [0.15, 0.2) is 0 Å². The quantitative estimate of drug-likeness (QED) is 0.189. The summed E-state index contributed by atoms with van der Waals surface area (Å²) in [6.07, 6.45) is 5.40. The maximum Gasteiger partial charge on any atom is 0.240 e. The largest absolute Gasteiger partial charge is 0.353 e. The third kappa shape index (κ3) is 5.51. The third-order valence-electron chi connectivity index (χ3n) is 4.70. The van der Waals surface area contributed by atoms with Gasteiger partial charge < -0.3 is 5.32 Å². The minimum absolute atomic E-state index is 0.0221. The highest BCUT2D eigenvalue weighted by atomic mass is 16.2. The second-order valence-corrected chi connectivity index (χ2v) is 6.83. The molecule has 5 nitrogen and oxygen atoms in total. The summed E-state index contributed by atoms with van der Waals surface area (Å²) in [5.41, 5.74) is 3.58. The zero-order valence-corrected chi connectivity index (χ0v) is 16.4. The van der Waals surface area contributed by atoms with Gasteiger partial charge in [-0.2, -0.15) is 5.10 Å². The van der Waals surface area contributed by atoms with Crippen molar-refractivity contribution in [2.75, 3.05) is 6.54 Å². The second-order valence-electron chi connectivity index (χ2n) is 6.83. The third-order valence-corrected chi connectivity index (χ3v) is 4.70. The van der Waals surface area contributed by atoms with Crippen molar-refractivity contribution >= 4 is 39.6 Å². The van der Waals surface area contributed by atoms with Crippen molar-refractivity contribution in [2.45, 2.75) is 25.7 Å². The van der Waals surface area contributed by atoms with E-state index in [1.807, 2.05) is 24.3 Å². The second kappa shape index (κ2) is 10.2. The molecule has 3 rings (SSSR count). The van der Waals surface area contributed by atoms with Crippen LogP contribution in [0.4, 0.5) is 0 Å². The van der Waals surface area contributed by atoms with Crippen molar-refractivity contribution in [3.05, 3.63) is 72.8 Å². The van der Waals surface area contributed by atoms with Crippen molar-refractivity contribution < 1.29 is 9.59 Å². The maximum atomic E-state index is 12.0. The standard InChI is InChI=1S/C24H25N3O2/c1-2-15-25-23(28)13-7-8-14-24(29)27-26-17-22-20-11-5-3-9-18(20)16-19-10-4-6-12-21(19)22/h2-6,9-12,16-17H,1,7-8,13-15H2,(H,25,28)(H,27,29). The van der Waals surface area contributed by atoms with Crippen LogP contribution in [0.15, 0.2) is 72.4 Å². The predicted molar refractivity (Wildman–Crippen MR) is 119 cm³/mol. The Morgan fingerprint density at radius 3 is 2.10 bits per heavy atom. The van der Waals surface area contributed by atoms with Gasteiger partial charge in [-0.1, -0.05) is 54.6 Å². The molecule has 0 atom stereocenters. The molecule has 3 aromatic carbocycles. The fourth-order valence-electron chi connectivity index (χ4n) is 3.26. The van der Waals surface area contributed by atoms with E-state index in [1.165, 1.54) is 0 Å². The fourth-order valence-corrected chi connectivity index (χ4v) is 3.26. The van der Waals surface area contributed by atoms with E-state index in [2.05, 4.69) is 52.8 Å². The lowest BCUT2D eigenvalue weighted by atomic mass is 9.97. The highest BCUT2D eigenvalue weighted by molar-refractivity contribution is 6.13. The summed E-state index contributed by atoms with van der Waals surface area (Å²) in [5, 5.41) is 11.4. The first kappa shape index (κ1) is 20.3. The van der Waals surface area contributed by atoms with Crippen LogP contribution in [0.3, 0.4) is 0 Å². The predicted octanol–water partition coefficient (Wildman–Crippen LogP) is 4.31. The van der Waals surface area contributed by atoms with E-state index in [0.717, 1.165) is 27.1 Å². The normalized spacial score (nSPS) is 11.0. The first-order valence-electron chi connectivity index (χ1n) is 9.79. The molecule has 2 amide bonds. The Morgan fingerprint density at radius 1 is 0.897 bits per heavy atom. The molecule has 0 bridgehead atoms.